The number of carbonyl (C=O) groups is 1. The maximum Gasteiger partial charge on any atom is 2.00 e. The molecule has 0 N–H and O–H groups in total. The van der Waals surface area contributed by atoms with Crippen molar-refractivity contribution in [3.63, 3.8) is 0 Å². The molecule has 0 aromatic carbocycles. The Hall–Kier alpha value is 2.41. The fourth-order valence-corrected chi connectivity index (χ4v) is 0. The zero-order chi connectivity index (χ0) is 3.58. The van der Waals surface area contributed by atoms with Crippen LogP contribution in [0.15, 0.2) is 0 Å². The van der Waals surface area contributed by atoms with Crippen molar-refractivity contribution in [2.24, 2.45) is 0 Å². The summed E-state index contributed by atoms with van der Waals surface area (Å²) in [5.74, 6) is 0. The van der Waals surface area contributed by atoms with Crippen LogP contribution in [0.25, 0.3) is 0 Å². The van der Waals surface area contributed by atoms with E-state index in [9.17, 15) is 0 Å². The second kappa shape index (κ2) is 10.4. The number of hydrogen-bond acceptors (Lipinski definition) is 3. The summed E-state index contributed by atoms with van der Waals surface area (Å²) in [4.78, 5) is 8.33. The molecule has 0 aliphatic rings. The standard InChI is InChI=1S/CH2O3.2Ba.2H/c2-1(3)4;;;;/h(H2,2,3,4);;;;/q;2*+2;2*-1/p-2. The third kappa shape index (κ3) is 32.3. The van der Waals surface area contributed by atoms with Gasteiger partial charge in [-0.3, -0.25) is 0 Å². The molecule has 0 atom stereocenters. The van der Waals surface area contributed by atoms with Gasteiger partial charge in [-0.25, -0.2) is 0 Å². The first-order chi connectivity index (χ1) is 1.73. The third-order valence-corrected chi connectivity index (χ3v) is 0. The zero-order valence-corrected chi connectivity index (χ0v) is 12.0. The van der Waals surface area contributed by atoms with E-state index in [0.717, 1.165) is 0 Å². The van der Waals surface area contributed by atoms with Crippen molar-refractivity contribution in [1.29, 1.82) is 0 Å². The van der Waals surface area contributed by atoms with Gasteiger partial charge in [0.2, 0.25) is 0 Å². The molecule has 0 aliphatic carbocycles. The van der Waals surface area contributed by atoms with E-state index in [1.165, 1.54) is 0 Å². The molecule has 0 aromatic heterocycles. The summed E-state index contributed by atoms with van der Waals surface area (Å²) in [5.41, 5.74) is 0. The van der Waals surface area contributed by atoms with E-state index in [-0.39, 0.29) is 101 Å². The van der Waals surface area contributed by atoms with Gasteiger partial charge in [0, 0.05) is 0 Å². The quantitative estimate of drug-likeness (QED) is 0.443. The molecule has 0 saturated carbocycles. The van der Waals surface area contributed by atoms with E-state index in [1.807, 2.05) is 0 Å². The number of hydrogen-bond donors (Lipinski definition) is 0. The summed E-state index contributed by atoms with van der Waals surface area (Å²) in [6.45, 7) is 0. The fraction of sp³-hybridized carbons (Fsp3) is 0. The normalized spacial score (nSPS) is 4.00. The van der Waals surface area contributed by atoms with Crippen LogP contribution in [0.2, 0.25) is 0 Å². The largest absolute Gasteiger partial charge is 2.00 e. The number of rotatable bonds is 0. The van der Waals surface area contributed by atoms with Crippen LogP contribution >= 0.6 is 0 Å². The van der Waals surface area contributed by atoms with Crippen molar-refractivity contribution < 1.29 is 17.9 Å². The molecule has 0 spiro atoms. The van der Waals surface area contributed by atoms with Crippen LogP contribution in [0.5, 0.6) is 0 Å². The van der Waals surface area contributed by atoms with Gasteiger partial charge < -0.3 is 17.9 Å². The Kier molecular flexibility index (Phi) is 27.4. The molecular formula is CH2Ba2O3. The summed E-state index contributed by atoms with van der Waals surface area (Å²) in [5, 5.41) is 16.7. The Labute approximate surface area is 119 Å². The Morgan fingerprint density at radius 1 is 1.33 bits per heavy atom. The smallest absolute Gasteiger partial charge is 1.00 e. The van der Waals surface area contributed by atoms with E-state index in [4.69, 9.17) is 15.0 Å². The molecule has 0 amide bonds. The summed E-state index contributed by atoms with van der Waals surface area (Å²) in [6.07, 6.45) is -2.33. The Balaban J connectivity index is -0.00000000750. The minimum absolute atomic E-state index is 0. The first-order valence-electron chi connectivity index (χ1n) is 0.612. The molecular weight excluding hydrogens is 335 g/mol. The average molecular weight is 337 g/mol. The van der Waals surface area contributed by atoms with Crippen molar-refractivity contribution >= 4 is 104 Å². The van der Waals surface area contributed by atoms with E-state index in [1.54, 1.807) is 0 Å². The van der Waals surface area contributed by atoms with Crippen LogP contribution in [-0.4, -0.2) is 104 Å². The second-order valence-electron chi connectivity index (χ2n) is 0.250. The predicted molar refractivity (Wildman–Crippen MR) is 19.1 cm³/mol. The molecule has 5 heteroatoms. The van der Waals surface area contributed by atoms with Crippen LogP contribution in [-0.2, 0) is 0 Å². The number of carbonyl (C=O) groups excluding carboxylic acids is 1. The van der Waals surface area contributed by atoms with Gasteiger partial charge >= 0.3 is 97.8 Å². The van der Waals surface area contributed by atoms with Crippen molar-refractivity contribution in [2.45, 2.75) is 0 Å². The molecule has 0 aromatic rings. The van der Waals surface area contributed by atoms with Gasteiger partial charge in [0.15, 0.2) is 0 Å². The summed E-state index contributed by atoms with van der Waals surface area (Å²) >= 11 is 0. The van der Waals surface area contributed by atoms with E-state index in [2.05, 4.69) is 0 Å². The average Bonchev–Trinajstić information content (AvgIpc) is 0.811. The maximum absolute atomic E-state index is 8.33. The van der Waals surface area contributed by atoms with Gasteiger partial charge in [-0.05, 0) is 6.16 Å². The molecule has 6 heavy (non-hydrogen) atoms. The fourth-order valence-electron chi connectivity index (χ4n) is 0. The SMILES string of the molecule is O=C([O-])[O-].[Ba+2].[Ba+2].[H-].[H-]. The van der Waals surface area contributed by atoms with Gasteiger partial charge in [0.05, 0.1) is 0 Å². The minimum Gasteiger partial charge on any atom is -1.00 e. The molecule has 0 rings (SSSR count). The molecule has 0 heterocycles. The Morgan fingerprint density at radius 3 is 1.33 bits per heavy atom. The van der Waals surface area contributed by atoms with Crippen molar-refractivity contribution in [1.82, 2.24) is 0 Å². The van der Waals surface area contributed by atoms with E-state index >= 15 is 0 Å². The van der Waals surface area contributed by atoms with Crippen molar-refractivity contribution in [3.05, 3.63) is 0 Å². The van der Waals surface area contributed by atoms with Gasteiger partial charge in [-0.15, -0.1) is 0 Å². The monoisotopic (exact) mass is 338 g/mol. The summed E-state index contributed by atoms with van der Waals surface area (Å²) in [6, 6.07) is 0. The molecule has 0 bridgehead atoms. The van der Waals surface area contributed by atoms with Gasteiger partial charge in [-0.2, -0.15) is 0 Å². The molecule has 0 saturated heterocycles. The molecule has 3 nitrogen and oxygen atoms in total. The van der Waals surface area contributed by atoms with Crippen LogP contribution in [0.4, 0.5) is 4.79 Å². The Morgan fingerprint density at radius 2 is 1.33 bits per heavy atom. The van der Waals surface area contributed by atoms with Gasteiger partial charge in [0.1, 0.15) is 0 Å². The molecule has 0 unspecified atom stereocenters. The van der Waals surface area contributed by atoms with Crippen molar-refractivity contribution in [2.75, 3.05) is 0 Å². The Bertz CT molecular complexity index is 38.3. The van der Waals surface area contributed by atoms with Crippen LogP contribution in [0, 0.1) is 0 Å². The maximum atomic E-state index is 8.33. The molecule has 0 aliphatic heterocycles. The third-order valence-electron chi connectivity index (χ3n) is 0. The summed E-state index contributed by atoms with van der Waals surface area (Å²) in [7, 11) is 0. The zero-order valence-electron chi connectivity index (χ0n) is 5.14. The van der Waals surface area contributed by atoms with Crippen molar-refractivity contribution in [3.8, 4) is 0 Å². The van der Waals surface area contributed by atoms with E-state index in [0.29, 0.717) is 0 Å². The van der Waals surface area contributed by atoms with Crippen LogP contribution in [0.1, 0.15) is 2.85 Å². The first kappa shape index (κ1) is 15.8. The molecule has 0 fully saturated rings. The predicted octanol–water partition coefficient (Wildman–Crippen LogP) is -2.98. The van der Waals surface area contributed by atoms with Crippen LogP contribution in [0.3, 0.4) is 0 Å². The first-order valence-corrected chi connectivity index (χ1v) is 0.612. The topological polar surface area (TPSA) is 63.2 Å². The minimum atomic E-state index is -2.33. The van der Waals surface area contributed by atoms with Crippen LogP contribution < -0.4 is 10.2 Å². The summed E-state index contributed by atoms with van der Waals surface area (Å²) < 4.78 is 0. The molecule has 28 valence electrons. The van der Waals surface area contributed by atoms with Gasteiger partial charge in [0.25, 0.3) is 0 Å². The number of carboxylic acid groups (broad SMARTS) is 2. The molecule has 0 radical (unpaired) electrons. The second-order valence-corrected chi connectivity index (χ2v) is 0.250. The van der Waals surface area contributed by atoms with E-state index < -0.39 is 6.16 Å². The van der Waals surface area contributed by atoms with Gasteiger partial charge in [-0.1, -0.05) is 0 Å².